The van der Waals surface area contributed by atoms with Crippen LogP contribution in [0.4, 0.5) is 0 Å². The summed E-state index contributed by atoms with van der Waals surface area (Å²) < 4.78 is 27.0. The Morgan fingerprint density at radius 1 is 0.905 bits per heavy atom. The average Bonchev–Trinajstić information content (AvgIpc) is 2.46. The molecule has 0 unspecified atom stereocenters. The van der Waals surface area contributed by atoms with Crippen molar-refractivity contribution in [3.8, 4) is 0 Å². The Balaban J connectivity index is 1.85. The molecule has 0 saturated carbocycles. The van der Waals surface area contributed by atoms with Crippen molar-refractivity contribution in [3.63, 3.8) is 0 Å². The van der Waals surface area contributed by atoms with Crippen LogP contribution in [0.15, 0.2) is 60.7 Å². The summed E-state index contributed by atoms with van der Waals surface area (Å²) in [5, 5.41) is 0. The zero-order valence-corrected chi connectivity index (χ0v) is 13.0. The Hall–Kier alpha value is -1.65. The van der Waals surface area contributed by atoms with Crippen LogP contribution in [0.5, 0.6) is 0 Å². The molecule has 2 aromatic carbocycles. The maximum Gasteiger partial charge on any atom is 0.216 e. The van der Waals surface area contributed by atoms with Gasteiger partial charge in [0.2, 0.25) is 10.0 Å². The van der Waals surface area contributed by atoms with E-state index in [1.807, 2.05) is 55.5 Å². The van der Waals surface area contributed by atoms with E-state index in [9.17, 15) is 8.42 Å². The second-order valence-corrected chi connectivity index (χ2v) is 7.04. The fourth-order valence-corrected chi connectivity index (χ4v) is 3.67. The molecular weight excluding hydrogens is 282 g/mol. The Labute approximate surface area is 127 Å². The fourth-order valence-electron chi connectivity index (χ4n) is 2.23. The highest BCUT2D eigenvalue weighted by Crippen LogP contribution is 2.08. The highest BCUT2D eigenvalue weighted by Gasteiger charge is 2.15. The van der Waals surface area contributed by atoms with Crippen LogP contribution >= 0.6 is 0 Å². The zero-order valence-electron chi connectivity index (χ0n) is 12.2. The van der Waals surface area contributed by atoms with Crippen LogP contribution in [-0.2, 0) is 22.2 Å². The van der Waals surface area contributed by atoms with Crippen LogP contribution < -0.4 is 4.72 Å². The Morgan fingerprint density at radius 2 is 1.43 bits per heavy atom. The normalized spacial score (nSPS) is 13.0. The molecule has 0 saturated heterocycles. The van der Waals surface area contributed by atoms with Gasteiger partial charge >= 0.3 is 0 Å². The van der Waals surface area contributed by atoms with Gasteiger partial charge in [-0.25, -0.2) is 13.1 Å². The summed E-state index contributed by atoms with van der Waals surface area (Å²) in [5.74, 6) is 0.0313. The lowest BCUT2D eigenvalue weighted by molar-refractivity contribution is 0.546. The molecule has 0 aliphatic rings. The molecule has 0 amide bonds. The first-order valence-corrected chi connectivity index (χ1v) is 8.78. The van der Waals surface area contributed by atoms with E-state index in [-0.39, 0.29) is 11.8 Å². The minimum Gasteiger partial charge on any atom is -0.212 e. The second kappa shape index (κ2) is 7.38. The van der Waals surface area contributed by atoms with E-state index in [1.165, 1.54) is 5.56 Å². The number of nitrogens with one attached hydrogen (secondary N) is 1. The summed E-state index contributed by atoms with van der Waals surface area (Å²) in [6.07, 6.45) is 1.66. The fraction of sp³-hybridized carbons (Fsp3) is 0.294. The van der Waals surface area contributed by atoms with Crippen LogP contribution in [0, 0.1) is 0 Å². The van der Waals surface area contributed by atoms with Gasteiger partial charge in [-0.1, -0.05) is 60.7 Å². The van der Waals surface area contributed by atoms with E-state index in [2.05, 4.69) is 16.9 Å². The van der Waals surface area contributed by atoms with Gasteiger partial charge in [0, 0.05) is 6.04 Å². The van der Waals surface area contributed by atoms with Crippen LogP contribution in [0.3, 0.4) is 0 Å². The van der Waals surface area contributed by atoms with E-state index in [0.717, 1.165) is 18.4 Å². The lowest BCUT2D eigenvalue weighted by Crippen LogP contribution is -2.33. The van der Waals surface area contributed by atoms with Crippen molar-refractivity contribution in [3.05, 3.63) is 71.8 Å². The SMILES string of the molecule is C[C@@H](CCc1ccccc1)NS(=O)(=O)Cc1ccccc1. The number of hydrogen-bond donors (Lipinski definition) is 1. The minimum atomic E-state index is -3.29. The molecule has 0 bridgehead atoms. The summed E-state index contributed by atoms with van der Waals surface area (Å²) >= 11 is 0. The van der Waals surface area contributed by atoms with Crippen molar-refractivity contribution < 1.29 is 8.42 Å². The minimum absolute atomic E-state index is 0.0313. The molecule has 0 aliphatic carbocycles. The molecule has 0 aliphatic heterocycles. The first kappa shape index (κ1) is 15.7. The monoisotopic (exact) mass is 303 g/mol. The largest absolute Gasteiger partial charge is 0.216 e. The summed E-state index contributed by atoms with van der Waals surface area (Å²) in [4.78, 5) is 0. The maximum atomic E-state index is 12.1. The van der Waals surface area contributed by atoms with Gasteiger partial charge in [-0.05, 0) is 30.9 Å². The maximum absolute atomic E-state index is 12.1. The number of sulfonamides is 1. The summed E-state index contributed by atoms with van der Waals surface area (Å²) in [6, 6.07) is 19.3. The zero-order chi connectivity index (χ0) is 15.1. The van der Waals surface area contributed by atoms with Crippen molar-refractivity contribution in [2.45, 2.75) is 31.6 Å². The number of aryl methyl sites for hydroxylation is 1. The predicted octanol–water partition coefficient (Wildman–Crippen LogP) is 3.13. The third kappa shape index (κ3) is 5.69. The number of hydrogen-bond acceptors (Lipinski definition) is 2. The van der Waals surface area contributed by atoms with E-state index in [4.69, 9.17) is 0 Å². The Kier molecular flexibility index (Phi) is 5.53. The molecule has 0 heterocycles. The average molecular weight is 303 g/mol. The molecule has 2 aromatic rings. The molecule has 0 spiro atoms. The highest BCUT2D eigenvalue weighted by molar-refractivity contribution is 7.88. The van der Waals surface area contributed by atoms with Crippen molar-refractivity contribution in [2.24, 2.45) is 0 Å². The van der Waals surface area contributed by atoms with Gasteiger partial charge in [-0.3, -0.25) is 0 Å². The van der Waals surface area contributed by atoms with Crippen LogP contribution in [0.1, 0.15) is 24.5 Å². The van der Waals surface area contributed by atoms with Gasteiger partial charge < -0.3 is 0 Å². The van der Waals surface area contributed by atoms with Gasteiger partial charge in [-0.15, -0.1) is 0 Å². The molecule has 3 nitrogen and oxygen atoms in total. The molecule has 21 heavy (non-hydrogen) atoms. The first-order chi connectivity index (χ1) is 10.1. The van der Waals surface area contributed by atoms with Crippen molar-refractivity contribution >= 4 is 10.0 Å². The molecule has 2 rings (SSSR count). The predicted molar refractivity (Wildman–Crippen MR) is 86.4 cm³/mol. The molecule has 112 valence electrons. The van der Waals surface area contributed by atoms with Crippen molar-refractivity contribution in [1.82, 2.24) is 4.72 Å². The van der Waals surface area contributed by atoms with Crippen LogP contribution in [0.25, 0.3) is 0 Å². The topological polar surface area (TPSA) is 46.2 Å². The number of benzene rings is 2. The van der Waals surface area contributed by atoms with Gasteiger partial charge in [0.15, 0.2) is 0 Å². The lowest BCUT2D eigenvalue weighted by atomic mass is 10.1. The summed E-state index contributed by atoms with van der Waals surface area (Å²) in [6.45, 7) is 1.91. The van der Waals surface area contributed by atoms with Crippen LogP contribution in [-0.4, -0.2) is 14.5 Å². The first-order valence-electron chi connectivity index (χ1n) is 7.13. The lowest BCUT2D eigenvalue weighted by Gasteiger charge is -2.14. The summed E-state index contributed by atoms with van der Waals surface area (Å²) in [7, 11) is -3.29. The van der Waals surface area contributed by atoms with Crippen molar-refractivity contribution in [1.29, 1.82) is 0 Å². The quantitative estimate of drug-likeness (QED) is 0.854. The highest BCUT2D eigenvalue weighted by atomic mass is 32.2. The molecule has 0 aromatic heterocycles. The molecule has 0 fully saturated rings. The van der Waals surface area contributed by atoms with E-state index < -0.39 is 10.0 Å². The molecular formula is C17H21NO2S. The smallest absolute Gasteiger partial charge is 0.212 e. The Morgan fingerprint density at radius 3 is 2.00 bits per heavy atom. The van der Waals surface area contributed by atoms with E-state index in [1.54, 1.807) is 0 Å². The molecule has 1 N–H and O–H groups in total. The third-order valence-corrected chi connectivity index (χ3v) is 4.76. The van der Waals surface area contributed by atoms with E-state index in [0.29, 0.717) is 0 Å². The van der Waals surface area contributed by atoms with Crippen molar-refractivity contribution in [2.75, 3.05) is 0 Å². The molecule has 4 heteroatoms. The van der Waals surface area contributed by atoms with Crippen LogP contribution in [0.2, 0.25) is 0 Å². The second-order valence-electron chi connectivity index (χ2n) is 5.29. The van der Waals surface area contributed by atoms with Gasteiger partial charge in [0.1, 0.15) is 0 Å². The third-order valence-electron chi connectivity index (χ3n) is 3.29. The standard InChI is InChI=1S/C17H21NO2S/c1-15(12-13-16-8-4-2-5-9-16)18-21(19,20)14-17-10-6-3-7-11-17/h2-11,15,18H,12-14H2,1H3/t15-/m0/s1. The Bertz CT molecular complexity index is 639. The molecule has 1 atom stereocenters. The van der Waals surface area contributed by atoms with Gasteiger partial charge in [0.25, 0.3) is 0 Å². The van der Waals surface area contributed by atoms with Gasteiger partial charge in [0.05, 0.1) is 5.75 Å². The molecule has 0 radical (unpaired) electrons. The van der Waals surface area contributed by atoms with Gasteiger partial charge in [-0.2, -0.15) is 0 Å². The summed E-state index contributed by atoms with van der Waals surface area (Å²) in [5.41, 5.74) is 2.03. The number of rotatable bonds is 7. The van der Waals surface area contributed by atoms with E-state index >= 15 is 0 Å².